The number of carbonyl (C=O) groups excluding carboxylic acids is 1. The van der Waals surface area contributed by atoms with Crippen LogP contribution in [-0.4, -0.2) is 63.7 Å². The molecule has 2 aliphatic heterocycles. The van der Waals surface area contributed by atoms with Crippen LogP contribution in [0.1, 0.15) is 11.1 Å². The largest absolute Gasteiger partial charge is 0.340 e. The van der Waals surface area contributed by atoms with Crippen molar-refractivity contribution in [3.8, 4) is 0 Å². The normalized spacial score (nSPS) is 20.0. The van der Waals surface area contributed by atoms with E-state index in [4.69, 9.17) is 0 Å². The Morgan fingerprint density at radius 1 is 1.21 bits per heavy atom. The van der Waals surface area contributed by atoms with E-state index in [2.05, 4.69) is 34.2 Å². The third-order valence-electron chi connectivity index (χ3n) is 5.51. The molecule has 1 atom stereocenters. The van der Waals surface area contributed by atoms with Gasteiger partial charge in [0, 0.05) is 56.8 Å². The molecule has 1 fully saturated rings. The van der Waals surface area contributed by atoms with Gasteiger partial charge in [0.1, 0.15) is 0 Å². The number of aryl methyl sites for hydroxylation is 1. The van der Waals surface area contributed by atoms with Crippen LogP contribution in [-0.2, 0) is 11.3 Å². The molecule has 2 aliphatic rings. The fourth-order valence-electron chi connectivity index (χ4n) is 3.76. The first kappa shape index (κ1) is 19.9. The zero-order valence-corrected chi connectivity index (χ0v) is 17.5. The van der Waals surface area contributed by atoms with Gasteiger partial charge in [-0.25, -0.2) is 4.98 Å². The first-order valence-electron chi connectivity index (χ1n) is 10.0. The zero-order valence-electron chi connectivity index (χ0n) is 16.7. The molecule has 0 saturated carbocycles. The van der Waals surface area contributed by atoms with Crippen molar-refractivity contribution in [1.29, 1.82) is 0 Å². The molecule has 4 rings (SSSR count). The van der Waals surface area contributed by atoms with Gasteiger partial charge in [-0.1, -0.05) is 54.2 Å². The number of rotatable bonds is 4. The lowest BCUT2D eigenvalue weighted by molar-refractivity contribution is -0.137. The third-order valence-corrected chi connectivity index (χ3v) is 6.66. The van der Waals surface area contributed by atoms with E-state index >= 15 is 0 Å². The maximum atomic E-state index is 13.0. The van der Waals surface area contributed by atoms with Crippen LogP contribution >= 0.6 is 11.8 Å². The predicted octanol–water partition coefficient (Wildman–Crippen LogP) is 2.13. The van der Waals surface area contributed by atoms with E-state index in [0.29, 0.717) is 17.9 Å². The molecule has 1 aromatic carbocycles. The predicted molar refractivity (Wildman–Crippen MR) is 116 cm³/mol. The van der Waals surface area contributed by atoms with Crippen molar-refractivity contribution in [2.45, 2.75) is 18.6 Å². The summed E-state index contributed by atoms with van der Waals surface area (Å²) in [7, 11) is 0. The Hall–Kier alpha value is -2.38. The lowest BCUT2D eigenvalue weighted by atomic mass is 10.1. The number of thioether (sulfide) groups is 1. The molecule has 7 heteroatoms. The van der Waals surface area contributed by atoms with Gasteiger partial charge in [-0.15, -0.1) is 0 Å². The Morgan fingerprint density at radius 3 is 2.72 bits per heavy atom. The Balaban J connectivity index is 1.30. The lowest BCUT2D eigenvalue weighted by Crippen LogP contribution is -2.51. The molecule has 152 valence electrons. The second-order valence-corrected chi connectivity index (χ2v) is 8.57. The summed E-state index contributed by atoms with van der Waals surface area (Å²) in [5.74, 6) is 0.698. The van der Waals surface area contributed by atoms with E-state index in [1.807, 2.05) is 23.1 Å². The summed E-state index contributed by atoms with van der Waals surface area (Å²) < 4.78 is 1.66. The molecule has 1 amide bonds. The maximum Gasteiger partial charge on any atom is 0.257 e. The van der Waals surface area contributed by atoms with Crippen LogP contribution in [0.3, 0.4) is 0 Å². The quantitative estimate of drug-likeness (QED) is 0.723. The lowest BCUT2D eigenvalue weighted by Gasteiger charge is -2.36. The first-order chi connectivity index (χ1) is 14.1. The molecule has 0 radical (unpaired) electrons. The van der Waals surface area contributed by atoms with Crippen molar-refractivity contribution in [3.63, 3.8) is 0 Å². The van der Waals surface area contributed by atoms with Crippen LogP contribution in [0.4, 0.5) is 0 Å². The van der Waals surface area contributed by atoms with Crippen LogP contribution in [0.25, 0.3) is 6.08 Å². The summed E-state index contributed by atoms with van der Waals surface area (Å²) in [6.07, 6.45) is 5.94. The minimum absolute atomic E-state index is 0.0324. The molecular weight excluding hydrogens is 384 g/mol. The minimum atomic E-state index is -0.154. The van der Waals surface area contributed by atoms with Gasteiger partial charge in [-0.3, -0.25) is 19.1 Å². The van der Waals surface area contributed by atoms with E-state index in [-0.39, 0.29) is 17.4 Å². The number of carbonyl (C=O) groups is 1. The van der Waals surface area contributed by atoms with Gasteiger partial charge in [0.05, 0.1) is 5.92 Å². The molecule has 0 aliphatic carbocycles. The first-order valence-corrected chi connectivity index (χ1v) is 11.0. The van der Waals surface area contributed by atoms with Crippen LogP contribution in [0, 0.1) is 12.8 Å². The molecule has 6 nitrogen and oxygen atoms in total. The van der Waals surface area contributed by atoms with Crippen molar-refractivity contribution >= 4 is 23.7 Å². The minimum Gasteiger partial charge on any atom is -0.340 e. The molecule has 1 unspecified atom stereocenters. The Bertz CT molecular complexity index is 949. The van der Waals surface area contributed by atoms with E-state index in [9.17, 15) is 9.59 Å². The molecule has 1 saturated heterocycles. The number of aromatic nitrogens is 2. The number of fused-ring (bicyclic) bond motifs is 1. The molecular formula is C22H26N4O2S. The van der Waals surface area contributed by atoms with Crippen LogP contribution in [0.2, 0.25) is 0 Å². The number of nitrogens with zero attached hydrogens (tertiary/aromatic N) is 4. The number of benzene rings is 1. The summed E-state index contributed by atoms with van der Waals surface area (Å²) in [5.41, 5.74) is 1.80. The highest BCUT2D eigenvalue weighted by Gasteiger charge is 2.31. The van der Waals surface area contributed by atoms with Gasteiger partial charge in [0.15, 0.2) is 5.16 Å². The average molecular weight is 411 g/mol. The monoisotopic (exact) mass is 410 g/mol. The Morgan fingerprint density at radius 2 is 1.97 bits per heavy atom. The van der Waals surface area contributed by atoms with Crippen LogP contribution < -0.4 is 5.56 Å². The highest BCUT2D eigenvalue weighted by molar-refractivity contribution is 7.99. The van der Waals surface area contributed by atoms with Crippen molar-refractivity contribution in [3.05, 3.63) is 64.1 Å². The maximum absolute atomic E-state index is 13.0. The molecule has 3 heterocycles. The summed E-state index contributed by atoms with van der Waals surface area (Å²) in [6.45, 7) is 6.34. The van der Waals surface area contributed by atoms with Gasteiger partial charge in [0.2, 0.25) is 5.91 Å². The standard InChI is InChI=1S/C22H26N4O2S/c1-17-14-23-22-26(20(17)27)15-19(16-29-22)21(28)25-12-10-24(11-13-25)9-5-8-18-6-3-2-4-7-18/h2-8,14,19H,9-13,15-16H2,1H3/b8-5+. The second-order valence-electron chi connectivity index (χ2n) is 7.59. The molecule has 1 aromatic heterocycles. The van der Waals surface area contributed by atoms with Crippen molar-refractivity contribution in [2.75, 3.05) is 38.5 Å². The molecule has 0 spiro atoms. The van der Waals surface area contributed by atoms with Gasteiger partial charge in [-0.2, -0.15) is 0 Å². The van der Waals surface area contributed by atoms with Gasteiger partial charge in [-0.05, 0) is 12.5 Å². The fraction of sp³-hybridized carbons (Fsp3) is 0.409. The van der Waals surface area contributed by atoms with E-state index in [0.717, 1.165) is 37.9 Å². The number of hydrogen-bond donors (Lipinski definition) is 0. The van der Waals surface area contributed by atoms with Gasteiger partial charge < -0.3 is 4.90 Å². The summed E-state index contributed by atoms with van der Waals surface area (Å²) >= 11 is 1.51. The third kappa shape index (κ3) is 4.62. The molecule has 29 heavy (non-hydrogen) atoms. The number of amides is 1. The molecule has 0 N–H and O–H groups in total. The Kier molecular flexibility index (Phi) is 6.16. The molecule has 0 bridgehead atoms. The van der Waals surface area contributed by atoms with E-state index in [1.165, 1.54) is 17.3 Å². The van der Waals surface area contributed by atoms with Crippen molar-refractivity contribution in [1.82, 2.24) is 19.4 Å². The average Bonchev–Trinajstić information content (AvgIpc) is 2.77. The summed E-state index contributed by atoms with van der Waals surface area (Å²) in [6, 6.07) is 10.3. The SMILES string of the molecule is Cc1cnc2n(c1=O)CC(C(=O)N1CCN(C/C=C/c3ccccc3)CC1)CS2. The van der Waals surface area contributed by atoms with Crippen LogP contribution in [0.5, 0.6) is 0 Å². The highest BCUT2D eigenvalue weighted by atomic mass is 32.2. The Labute approximate surface area is 175 Å². The topological polar surface area (TPSA) is 58.4 Å². The molecule has 2 aromatic rings. The number of hydrogen-bond acceptors (Lipinski definition) is 5. The van der Waals surface area contributed by atoms with E-state index < -0.39 is 0 Å². The second kappa shape index (κ2) is 8.97. The summed E-state index contributed by atoms with van der Waals surface area (Å²) in [4.78, 5) is 34.0. The summed E-state index contributed by atoms with van der Waals surface area (Å²) in [5, 5.41) is 0.722. The fourth-order valence-corrected chi connectivity index (χ4v) is 4.80. The smallest absolute Gasteiger partial charge is 0.257 e. The van der Waals surface area contributed by atoms with Gasteiger partial charge in [0.25, 0.3) is 5.56 Å². The van der Waals surface area contributed by atoms with Crippen molar-refractivity contribution in [2.24, 2.45) is 5.92 Å². The van der Waals surface area contributed by atoms with E-state index in [1.54, 1.807) is 17.7 Å². The van der Waals surface area contributed by atoms with Crippen molar-refractivity contribution < 1.29 is 4.79 Å². The number of piperazine rings is 1. The zero-order chi connectivity index (χ0) is 20.2. The highest BCUT2D eigenvalue weighted by Crippen LogP contribution is 2.26. The van der Waals surface area contributed by atoms with Crippen LogP contribution in [0.15, 0.2) is 52.6 Å². The van der Waals surface area contributed by atoms with Gasteiger partial charge >= 0.3 is 0 Å².